The average Bonchev–Trinajstić information content (AvgIpc) is 2.82. The lowest BCUT2D eigenvalue weighted by atomic mass is 9.61. The van der Waals surface area contributed by atoms with Gasteiger partial charge >= 0.3 is 5.97 Å². The normalized spacial score (nSPS) is 23.8. The molecule has 6 heteroatoms. The van der Waals surface area contributed by atoms with Crippen molar-refractivity contribution in [1.82, 2.24) is 5.32 Å². The van der Waals surface area contributed by atoms with E-state index in [1.54, 1.807) is 0 Å². The summed E-state index contributed by atoms with van der Waals surface area (Å²) in [4.78, 5) is 25.9. The number of rotatable bonds is 9. The van der Waals surface area contributed by atoms with E-state index < -0.39 is 29.9 Å². The molecule has 32 heavy (non-hydrogen) atoms. The summed E-state index contributed by atoms with van der Waals surface area (Å²) in [5.41, 5.74) is 0.924. The second-order valence-electron chi connectivity index (χ2n) is 8.88. The Kier molecular flexibility index (Phi) is 8.42. The topological polar surface area (TPSA) is 95.9 Å². The van der Waals surface area contributed by atoms with Gasteiger partial charge in [0.1, 0.15) is 6.61 Å². The molecule has 3 N–H and O–H groups in total. The smallest absolute Gasteiger partial charge is 0.331 e. The third kappa shape index (κ3) is 5.75. The Morgan fingerprint density at radius 2 is 1.69 bits per heavy atom. The molecule has 3 rings (SSSR count). The van der Waals surface area contributed by atoms with E-state index in [-0.39, 0.29) is 19.1 Å². The first kappa shape index (κ1) is 24.0. The molecule has 0 spiro atoms. The number of benzene rings is 2. The Morgan fingerprint density at radius 3 is 2.28 bits per heavy atom. The third-order valence-corrected chi connectivity index (χ3v) is 6.61. The van der Waals surface area contributed by atoms with Gasteiger partial charge in [-0.15, -0.1) is 0 Å². The van der Waals surface area contributed by atoms with Gasteiger partial charge in [0.2, 0.25) is 5.91 Å². The number of carbonyl (C=O) groups excluding carboxylic acids is 2. The van der Waals surface area contributed by atoms with Crippen molar-refractivity contribution in [1.29, 1.82) is 0 Å². The van der Waals surface area contributed by atoms with Crippen molar-refractivity contribution in [2.45, 2.75) is 45.3 Å². The number of aliphatic hydroxyl groups excluding tert-OH is 2. The van der Waals surface area contributed by atoms with Gasteiger partial charge in [-0.25, -0.2) is 4.79 Å². The quantitative estimate of drug-likeness (QED) is 0.522. The van der Waals surface area contributed by atoms with E-state index in [9.17, 15) is 19.8 Å². The molecule has 1 aliphatic rings. The highest BCUT2D eigenvalue weighted by Crippen LogP contribution is 2.45. The highest BCUT2D eigenvalue weighted by Gasteiger charge is 2.48. The predicted molar refractivity (Wildman–Crippen MR) is 121 cm³/mol. The van der Waals surface area contributed by atoms with Crippen LogP contribution >= 0.6 is 0 Å². The van der Waals surface area contributed by atoms with Gasteiger partial charge in [-0.1, -0.05) is 67.6 Å². The van der Waals surface area contributed by atoms with Crippen molar-refractivity contribution in [2.75, 3.05) is 13.2 Å². The van der Waals surface area contributed by atoms with Crippen LogP contribution in [0.2, 0.25) is 0 Å². The third-order valence-electron chi connectivity index (χ3n) is 6.61. The zero-order chi connectivity index (χ0) is 23.0. The van der Waals surface area contributed by atoms with Crippen molar-refractivity contribution >= 4 is 11.9 Å². The summed E-state index contributed by atoms with van der Waals surface area (Å²) in [5.74, 6) is -0.718. The largest absolute Gasteiger partial charge is 0.459 e. The van der Waals surface area contributed by atoms with Gasteiger partial charge in [0.15, 0.2) is 6.04 Å². The highest BCUT2D eigenvalue weighted by atomic mass is 16.5. The molecule has 0 aliphatic heterocycles. The molecule has 0 saturated heterocycles. The van der Waals surface area contributed by atoms with Crippen LogP contribution < -0.4 is 5.32 Å². The minimum atomic E-state index is -1.17. The molecule has 2 aromatic carbocycles. The van der Waals surface area contributed by atoms with Gasteiger partial charge < -0.3 is 20.3 Å². The second kappa shape index (κ2) is 11.2. The van der Waals surface area contributed by atoms with E-state index in [0.29, 0.717) is 18.8 Å². The lowest BCUT2D eigenvalue weighted by Gasteiger charge is -2.44. The zero-order valence-electron chi connectivity index (χ0n) is 18.6. The second-order valence-corrected chi connectivity index (χ2v) is 8.88. The summed E-state index contributed by atoms with van der Waals surface area (Å²) in [6.45, 7) is 1.35. The van der Waals surface area contributed by atoms with E-state index in [0.717, 1.165) is 24.0 Å². The van der Waals surface area contributed by atoms with Crippen LogP contribution in [0.25, 0.3) is 0 Å². The number of hydrogen-bond acceptors (Lipinski definition) is 5. The molecule has 172 valence electrons. The van der Waals surface area contributed by atoms with Crippen LogP contribution in [-0.2, 0) is 27.4 Å². The van der Waals surface area contributed by atoms with Crippen LogP contribution in [0.3, 0.4) is 0 Å². The number of esters is 1. The summed E-state index contributed by atoms with van der Waals surface area (Å²) in [7, 11) is 0. The lowest BCUT2D eigenvalue weighted by molar-refractivity contribution is -0.154. The molecule has 0 aromatic heterocycles. The summed E-state index contributed by atoms with van der Waals surface area (Å²) in [5, 5.41) is 22.8. The van der Waals surface area contributed by atoms with Crippen LogP contribution in [0.15, 0.2) is 60.7 Å². The molecular weight excluding hydrogens is 406 g/mol. The number of ether oxygens (including phenoxy) is 1. The van der Waals surface area contributed by atoms with Crippen molar-refractivity contribution in [3.63, 3.8) is 0 Å². The highest BCUT2D eigenvalue weighted by molar-refractivity contribution is 5.88. The van der Waals surface area contributed by atoms with Crippen LogP contribution in [0.1, 0.15) is 37.3 Å². The maximum Gasteiger partial charge on any atom is 0.331 e. The van der Waals surface area contributed by atoms with Crippen molar-refractivity contribution in [3.8, 4) is 0 Å². The molecule has 4 atom stereocenters. The van der Waals surface area contributed by atoms with Crippen molar-refractivity contribution in [3.05, 3.63) is 71.8 Å². The van der Waals surface area contributed by atoms with Crippen molar-refractivity contribution < 1.29 is 24.5 Å². The Bertz CT molecular complexity index is 872. The first-order chi connectivity index (χ1) is 15.5. The Balaban J connectivity index is 1.71. The van der Waals surface area contributed by atoms with Gasteiger partial charge in [-0.2, -0.15) is 0 Å². The number of amides is 1. The van der Waals surface area contributed by atoms with E-state index in [1.165, 1.54) is 0 Å². The monoisotopic (exact) mass is 439 g/mol. The Hall–Kier alpha value is -2.70. The van der Waals surface area contributed by atoms with Gasteiger partial charge in [-0.3, -0.25) is 4.79 Å². The fourth-order valence-corrected chi connectivity index (χ4v) is 4.60. The number of hydrogen-bond donors (Lipinski definition) is 3. The molecule has 6 nitrogen and oxygen atoms in total. The predicted octanol–water partition coefficient (Wildman–Crippen LogP) is 2.86. The number of nitrogens with one attached hydrogen (secondary N) is 1. The molecule has 2 aromatic rings. The average molecular weight is 440 g/mol. The van der Waals surface area contributed by atoms with E-state index in [4.69, 9.17) is 4.74 Å². The standard InChI is InChI=1S/C26H33NO5/c1-19-12-13-26(18-29,22(14-19)15-20-8-4-2-5-9-20)25(31)27-23(16-28)24(30)32-17-21-10-6-3-7-11-21/h2-11,19,22-23,28-29H,12-18H2,1H3,(H,27,31)/t19?,22?,23-,26?/m0/s1. The van der Waals surface area contributed by atoms with Gasteiger partial charge in [0.25, 0.3) is 0 Å². The zero-order valence-corrected chi connectivity index (χ0v) is 18.6. The Morgan fingerprint density at radius 1 is 1.06 bits per heavy atom. The van der Waals surface area contributed by atoms with Crippen LogP contribution in [-0.4, -0.2) is 41.3 Å². The maximum atomic E-state index is 13.4. The minimum absolute atomic E-state index is 0.0608. The minimum Gasteiger partial charge on any atom is -0.459 e. The molecule has 1 amide bonds. The summed E-state index contributed by atoms with van der Waals surface area (Å²) < 4.78 is 5.30. The summed E-state index contributed by atoms with van der Waals surface area (Å²) >= 11 is 0. The van der Waals surface area contributed by atoms with Crippen LogP contribution in [0.4, 0.5) is 0 Å². The van der Waals surface area contributed by atoms with Crippen LogP contribution in [0.5, 0.6) is 0 Å². The molecular formula is C26H33NO5. The summed E-state index contributed by atoms with van der Waals surface area (Å²) in [6, 6.07) is 18.0. The summed E-state index contributed by atoms with van der Waals surface area (Å²) in [6.07, 6.45) is 2.83. The fraction of sp³-hybridized carbons (Fsp3) is 0.462. The van der Waals surface area contributed by atoms with Gasteiger partial charge in [-0.05, 0) is 48.6 Å². The molecule has 3 unspecified atom stereocenters. The lowest BCUT2D eigenvalue weighted by Crippen LogP contribution is -2.56. The Labute approximate surface area is 189 Å². The number of carbonyl (C=O) groups is 2. The van der Waals surface area contributed by atoms with Crippen LogP contribution in [0, 0.1) is 17.3 Å². The van der Waals surface area contributed by atoms with Gasteiger partial charge in [0, 0.05) is 0 Å². The molecule has 1 saturated carbocycles. The molecule has 0 bridgehead atoms. The van der Waals surface area contributed by atoms with Gasteiger partial charge in [0.05, 0.1) is 18.6 Å². The maximum absolute atomic E-state index is 13.4. The fourth-order valence-electron chi connectivity index (χ4n) is 4.60. The molecule has 1 fully saturated rings. The first-order valence-corrected chi connectivity index (χ1v) is 11.3. The van der Waals surface area contributed by atoms with Crippen molar-refractivity contribution in [2.24, 2.45) is 17.3 Å². The van der Waals surface area contributed by atoms with E-state index >= 15 is 0 Å². The number of aliphatic hydroxyl groups is 2. The molecule has 1 aliphatic carbocycles. The van der Waals surface area contributed by atoms with E-state index in [2.05, 4.69) is 12.2 Å². The molecule has 0 radical (unpaired) electrons. The first-order valence-electron chi connectivity index (χ1n) is 11.3. The SMILES string of the molecule is CC1CCC(CO)(C(=O)N[C@@H](CO)C(=O)OCc2ccccc2)C(Cc2ccccc2)C1. The van der Waals surface area contributed by atoms with E-state index in [1.807, 2.05) is 60.7 Å². The molecule has 0 heterocycles.